The van der Waals surface area contributed by atoms with Crippen LogP contribution in [0.2, 0.25) is 0 Å². The summed E-state index contributed by atoms with van der Waals surface area (Å²) in [6.45, 7) is 8.37. The number of rotatable bonds is 5. The van der Waals surface area contributed by atoms with E-state index in [1.165, 1.54) is 0 Å². The lowest BCUT2D eigenvalue weighted by atomic mass is 9.98. The molecular weight excluding hydrogens is 251 g/mol. The third-order valence-electron chi connectivity index (χ3n) is 3.75. The van der Waals surface area contributed by atoms with Crippen molar-refractivity contribution in [1.29, 1.82) is 0 Å². The van der Waals surface area contributed by atoms with Crippen LogP contribution in [0.3, 0.4) is 0 Å². The molecule has 19 heavy (non-hydrogen) atoms. The molecule has 0 aliphatic rings. The van der Waals surface area contributed by atoms with Crippen LogP contribution >= 0.6 is 0 Å². The average Bonchev–Trinajstić information content (AvgIpc) is 2.36. The van der Waals surface area contributed by atoms with Gasteiger partial charge in [-0.2, -0.15) is 13.2 Å². The monoisotopic (exact) mass is 273 g/mol. The van der Waals surface area contributed by atoms with E-state index in [2.05, 4.69) is 26.1 Å². The second-order valence-electron chi connectivity index (χ2n) is 5.18. The zero-order valence-electron chi connectivity index (χ0n) is 11.9. The number of hydrogen-bond acceptors (Lipinski definition) is 1. The quantitative estimate of drug-likeness (QED) is 0.813. The van der Waals surface area contributed by atoms with Crippen LogP contribution in [0, 0.1) is 5.92 Å². The molecule has 0 aliphatic heterocycles. The third kappa shape index (κ3) is 4.53. The van der Waals surface area contributed by atoms with Crippen molar-refractivity contribution in [2.24, 2.45) is 5.92 Å². The molecule has 0 heterocycles. The topological polar surface area (TPSA) is 12.0 Å². The minimum Gasteiger partial charge on any atom is -0.307 e. The number of nitrogens with one attached hydrogen (secondary N) is 1. The number of halogens is 3. The van der Waals surface area contributed by atoms with Crippen molar-refractivity contribution in [3.63, 3.8) is 0 Å². The highest BCUT2D eigenvalue weighted by molar-refractivity contribution is 5.26. The summed E-state index contributed by atoms with van der Waals surface area (Å²) in [6, 6.07) is 5.75. The molecule has 0 aliphatic carbocycles. The van der Waals surface area contributed by atoms with Gasteiger partial charge in [0.2, 0.25) is 0 Å². The summed E-state index contributed by atoms with van der Waals surface area (Å²) in [5, 5.41) is 3.42. The van der Waals surface area contributed by atoms with Crippen LogP contribution in [0.5, 0.6) is 0 Å². The molecule has 0 saturated heterocycles. The van der Waals surface area contributed by atoms with Gasteiger partial charge in [-0.15, -0.1) is 0 Å². The molecule has 0 spiro atoms. The van der Waals surface area contributed by atoms with Crippen LogP contribution in [0.15, 0.2) is 24.3 Å². The zero-order chi connectivity index (χ0) is 14.6. The first-order valence-electron chi connectivity index (χ1n) is 6.69. The Kier molecular flexibility index (Phi) is 5.41. The van der Waals surface area contributed by atoms with E-state index < -0.39 is 11.7 Å². The number of alkyl halides is 3. The van der Waals surface area contributed by atoms with Crippen LogP contribution in [0.4, 0.5) is 13.2 Å². The van der Waals surface area contributed by atoms with E-state index in [4.69, 9.17) is 0 Å². The number of hydrogen-bond donors (Lipinski definition) is 1. The Bertz CT molecular complexity index is 383. The molecule has 4 heteroatoms. The fourth-order valence-corrected chi connectivity index (χ4v) is 1.97. The van der Waals surface area contributed by atoms with E-state index in [-0.39, 0.29) is 6.04 Å². The van der Waals surface area contributed by atoms with Gasteiger partial charge in [-0.05, 0) is 37.5 Å². The van der Waals surface area contributed by atoms with E-state index in [1.54, 1.807) is 12.1 Å². The van der Waals surface area contributed by atoms with E-state index >= 15 is 0 Å². The van der Waals surface area contributed by atoms with Crippen LogP contribution in [0.1, 0.15) is 51.3 Å². The molecule has 108 valence electrons. The molecule has 1 N–H and O–H groups in total. The molecule has 0 aromatic heterocycles. The highest BCUT2D eigenvalue weighted by Crippen LogP contribution is 2.30. The summed E-state index contributed by atoms with van der Waals surface area (Å²) in [4.78, 5) is 0. The summed E-state index contributed by atoms with van der Waals surface area (Å²) in [5.74, 6) is 0.539. The van der Waals surface area contributed by atoms with Gasteiger partial charge >= 0.3 is 6.18 Å². The fraction of sp³-hybridized carbons (Fsp3) is 0.600. The van der Waals surface area contributed by atoms with Crippen molar-refractivity contribution in [2.45, 2.75) is 52.4 Å². The fourth-order valence-electron chi connectivity index (χ4n) is 1.97. The van der Waals surface area contributed by atoms with Crippen molar-refractivity contribution < 1.29 is 13.2 Å². The standard InChI is InChI=1S/C15H22F3N/c1-5-10(2)11(3)19-12(4)13-6-8-14(9-7-13)15(16,17)18/h6-12,19H,5H2,1-4H3. The molecule has 1 aromatic carbocycles. The van der Waals surface area contributed by atoms with Crippen LogP contribution in [0.25, 0.3) is 0 Å². The Hall–Kier alpha value is -1.03. The van der Waals surface area contributed by atoms with Crippen molar-refractivity contribution in [3.05, 3.63) is 35.4 Å². The second kappa shape index (κ2) is 6.42. The van der Waals surface area contributed by atoms with Crippen LogP contribution in [-0.2, 0) is 6.18 Å². The SMILES string of the molecule is CCC(C)C(C)NC(C)c1ccc(C(F)(F)F)cc1. The van der Waals surface area contributed by atoms with Crippen molar-refractivity contribution >= 4 is 0 Å². The molecule has 3 unspecified atom stereocenters. The summed E-state index contributed by atoms with van der Waals surface area (Å²) in [7, 11) is 0. The summed E-state index contributed by atoms with van der Waals surface area (Å²) in [6.07, 6.45) is -3.19. The molecule has 1 nitrogen and oxygen atoms in total. The summed E-state index contributed by atoms with van der Waals surface area (Å²) in [5.41, 5.74) is 0.279. The molecule has 1 rings (SSSR count). The molecule has 0 amide bonds. The van der Waals surface area contributed by atoms with E-state index in [0.29, 0.717) is 12.0 Å². The maximum atomic E-state index is 12.5. The summed E-state index contributed by atoms with van der Waals surface area (Å²) >= 11 is 0. The zero-order valence-corrected chi connectivity index (χ0v) is 11.9. The highest BCUT2D eigenvalue weighted by atomic mass is 19.4. The van der Waals surface area contributed by atoms with Crippen LogP contribution < -0.4 is 5.32 Å². The van der Waals surface area contributed by atoms with Gasteiger partial charge in [0.25, 0.3) is 0 Å². The maximum absolute atomic E-state index is 12.5. The van der Waals surface area contributed by atoms with Gasteiger partial charge in [0, 0.05) is 12.1 Å². The van der Waals surface area contributed by atoms with Gasteiger partial charge in [-0.25, -0.2) is 0 Å². The molecule has 3 atom stereocenters. The normalized spacial score (nSPS) is 17.0. The second-order valence-corrected chi connectivity index (χ2v) is 5.18. The first kappa shape index (κ1) is 16.0. The van der Waals surface area contributed by atoms with E-state index in [9.17, 15) is 13.2 Å². The Balaban J connectivity index is 2.70. The Morgan fingerprint density at radius 2 is 1.58 bits per heavy atom. The maximum Gasteiger partial charge on any atom is 0.416 e. The molecule has 0 fully saturated rings. The van der Waals surface area contributed by atoms with Gasteiger partial charge in [-0.3, -0.25) is 0 Å². The minimum absolute atomic E-state index is 0.0475. The lowest BCUT2D eigenvalue weighted by Crippen LogP contribution is -2.33. The molecule has 0 saturated carbocycles. The molecule has 0 bridgehead atoms. The predicted molar refractivity (Wildman–Crippen MR) is 71.9 cm³/mol. The van der Waals surface area contributed by atoms with E-state index in [0.717, 1.165) is 24.1 Å². The van der Waals surface area contributed by atoms with Crippen LogP contribution in [-0.4, -0.2) is 6.04 Å². The van der Waals surface area contributed by atoms with Gasteiger partial charge in [-0.1, -0.05) is 32.4 Å². The van der Waals surface area contributed by atoms with Gasteiger partial charge < -0.3 is 5.32 Å². The van der Waals surface area contributed by atoms with Crippen molar-refractivity contribution in [2.75, 3.05) is 0 Å². The van der Waals surface area contributed by atoms with Gasteiger partial charge in [0.1, 0.15) is 0 Å². The lowest BCUT2D eigenvalue weighted by Gasteiger charge is -2.25. The minimum atomic E-state index is -4.26. The summed E-state index contributed by atoms with van der Waals surface area (Å²) < 4.78 is 37.4. The smallest absolute Gasteiger partial charge is 0.307 e. The lowest BCUT2D eigenvalue weighted by molar-refractivity contribution is -0.137. The predicted octanol–water partition coefficient (Wildman–Crippen LogP) is 4.79. The van der Waals surface area contributed by atoms with E-state index in [1.807, 2.05) is 6.92 Å². The third-order valence-corrected chi connectivity index (χ3v) is 3.75. The Labute approximate surface area is 113 Å². The van der Waals surface area contributed by atoms with Gasteiger partial charge in [0.15, 0.2) is 0 Å². The van der Waals surface area contributed by atoms with Gasteiger partial charge in [0.05, 0.1) is 5.56 Å². The Morgan fingerprint density at radius 1 is 1.05 bits per heavy atom. The Morgan fingerprint density at radius 3 is 2.00 bits per heavy atom. The van der Waals surface area contributed by atoms with Crippen molar-refractivity contribution in [1.82, 2.24) is 5.32 Å². The largest absolute Gasteiger partial charge is 0.416 e. The first-order valence-corrected chi connectivity index (χ1v) is 6.69. The number of benzene rings is 1. The van der Waals surface area contributed by atoms with Crippen molar-refractivity contribution in [3.8, 4) is 0 Å². The average molecular weight is 273 g/mol. The molecule has 0 radical (unpaired) electrons. The molecule has 1 aromatic rings. The molecular formula is C15H22F3N. The highest BCUT2D eigenvalue weighted by Gasteiger charge is 2.30. The first-order chi connectivity index (χ1) is 8.75.